The maximum atomic E-state index is 6.87. The molecule has 0 saturated heterocycles. The second-order valence-corrected chi connectivity index (χ2v) is 28.6. The van der Waals surface area contributed by atoms with E-state index in [-0.39, 0.29) is 12.0 Å². The van der Waals surface area contributed by atoms with Gasteiger partial charge in [-0.2, -0.15) is 0 Å². The van der Waals surface area contributed by atoms with E-state index in [2.05, 4.69) is 158 Å². The number of thiophene rings is 1. The molecule has 0 radical (unpaired) electrons. The van der Waals surface area contributed by atoms with E-state index in [0.29, 0.717) is 52.2 Å². The lowest BCUT2D eigenvalue weighted by molar-refractivity contribution is 0.254. The van der Waals surface area contributed by atoms with Crippen molar-refractivity contribution in [2.45, 2.75) is 12.0 Å². The number of benzene rings is 13. The van der Waals surface area contributed by atoms with Gasteiger partial charge in [-0.15, -0.1) is 11.3 Å². The second-order valence-electron chi connectivity index (χ2n) is 27.6. The number of para-hydroxylation sites is 2. The molecule has 0 N–H and O–H groups in total. The molecule has 22 rings (SSSR count). The zero-order valence-electron chi connectivity index (χ0n) is 59.7. The number of nitrogens with zero attached hydrogens (tertiary/aromatic N) is 10. The zero-order valence-corrected chi connectivity index (χ0v) is 60.6. The van der Waals surface area contributed by atoms with Gasteiger partial charge in [-0.3, -0.25) is 0 Å². The third-order valence-electron chi connectivity index (χ3n) is 20.7. The van der Waals surface area contributed by atoms with Crippen LogP contribution in [0, 0.1) is 0 Å². The van der Waals surface area contributed by atoms with E-state index in [9.17, 15) is 0 Å². The predicted octanol–water partition coefficient (Wildman–Crippen LogP) is 24.3. The molecule has 8 heterocycles. The Kier molecular flexibility index (Phi) is 16.2. The lowest BCUT2D eigenvalue weighted by atomic mass is 9.86. The van der Waals surface area contributed by atoms with Gasteiger partial charge in [-0.05, 0) is 53.1 Å². The molecule has 0 spiro atoms. The highest BCUT2D eigenvalue weighted by atomic mass is 32.1. The fraction of sp³-hybridized carbons (Fsp3) is 0.0204. The van der Waals surface area contributed by atoms with Gasteiger partial charge in [0.25, 0.3) is 0 Å². The van der Waals surface area contributed by atoms with E-state index in [0.717, 1.165) is 155 Å². The van der Waals surface area contributed by atoms with E-state index in [1.165, 1.54) is 4.70 Å². The summed E-state index contributed by atoms with van der Waals surface area (Å²) in [6.07, 6.45) is 5.97. The standard InChI is InChI=1S/C49H31N5O2.C49H29N5OS/c1-4-15-30(16-5-1)33-21-12-22-34(29-33)47-52-46(32-19-8-3-9-20-32)53-48(54-47)37-25-14-28-40-41(37)36-24-13-26-38(44(36)56-40)49-50-42(31-17-6-2-7-18-31)45-43(51-49)35-23-10-11-27-39(35)55-45;1-4-14-32(15-5-1)46-50-42(45-43(51-46)36-20-10-11-25-40(36)56-45)31-28-26-30(27-29-31)35-21-12-22-37-41-38(23-13-24-39(41)55-44(35)37)49-53-47(33-16-6-2-7-17-33)52-48(54-49)34-18-8-3-9-19-34/h1-29,38,44H;1-29H. The quantitative estimate of drug-likeness (QED) is 0.114. The highest BCUT2D eigenvalue weighted by molar-refractivity contribution is 7.26. The number of fused-ring (bicyclic) bond motifs is 12. The summed E-state index contributed by atoms with van der Waals surface area (Å²) in [5, 5.41) is 4.05. The molecule has 0 fully saturated rings. The molecule has 526 valence electrons. The van der Waals surface area contributed by atoms with Gasteiger partial charge in [0, 0.05) is 93.0 Å². The van der Waals surface area contributed by atoms with Crippen LogP contribution in [0.15, 0.2) is 361 Å². The lowest BCUT2D eigenvalue weighted by Gasteiger charge is -2.23. The minimum Gasteiger partial charge on any atom is -0.484 e. The summed E-state index contributed by atoms with van der Waals surface area (Å²) in [6.45, 7) is 0. The highest BCUT2D eigenvalue weighted by Crippen LogP contribution is 2.50. The van der Waals surface area contributed by atoms with E-state index in [4.69, 9.17) is 63.4 Å². The summed E-state index contributed by atoms with van der Waals surface area (Å²) < 4.78 is 22.2. The Balaban J connectivity index is 0.000000141. The van der Waals surface area contributed by atoms with Crippen LogP contribution in [-0.4, -0.2) is 55.9 Å². The molecule has 1 aliphatic carbocycles. The summed E-state index contributed by atoms with van der Waals surface area (Å²) in [6, 6.07) is 113. The molecule has 7 aromatic heterocycles. The molecule has 13 aromatic carbocycles. The SMILES string of the molecule is C1=CC(c2nc(-c3ccccc3)c3oc4ccccc4c3n2)C2Oc3cccc(-c4nc(-c5ccccc5)nc(-c5cccc(-c6ccccc6)c5)n4)c3C2=C1.c1ccc(-c2nc(-c3ccccc3)nc(-c3cccc4oc5c(-c6ccc(-c7nc(-c8ccccc8)nc8c7sc7ccccc78)cc6)cccc5c34)n2)cc1. The average Bonchev–Trinajstić information content (AvgIpc) is 1.59. The third-order valence-corrected chi connectivity index (χ3v) is 21.9. The van der Waals surface area contributed by atoms with Crippen molar-refractivity contribution in [2.75, 3.05) is 0 Å². The van der Waals surface area contributed by atoms with Crippen molar-refractivity contribution in [2.24, 2.45) is 0 Å². The third kappa shape index (κ3) is 11.8. The first kappa shape index (κ1) is 65.4. The molecule has 1 aliphatic heterocycles. The summed E-state index contributed by atoms with van der Waals surface area (Å²) >= 11 is 1.74. The Labute approximate surface area is 646 Å². The summed E-state index contributed by atoms with van der Waals surface area (Å²) in [4.78, 5) is 51.0. The van der Waals surface area contributed by atoms with Gasteiger partial charge in [0.15, 0.2) is 46.4 Å². The van der Waals surface area contributed by atoms with Crippen molar-refractivity contribution in [3.8, 4) is 130 Å². The summed E-state index contributed by atoms with van der Waals surface area (Å²) in [5.41, 5.74) is 21.1. The van der Waals surface area contributed by atoms with Gasteiger partial charge >= 0.3 is 0 Å². The molecule has 2 unspecified atom stereocenters. The Morgan fingerprint density at radius 3 is 1.44 bits per heavy atom. The lowest BCUT2D eigenvalue weighted by Crippen LogP contribution is -2.25. The number of rotatable bonds is 12. The van der Waals surface area contributed by atoms with Gasteiger partial charge in [-0.1, -0.05) is 315 Å². The second kappa shape index (κ2) is 27.7. The Hall–Kier alpha value is -14.9. The Morgan fingerprint density at radius 1 is 0.295 bits per heavy atom. The minimum atomic E-state index is -0.368. The van der Waals surface area contributed by atoms with Crippen molar-refractivity contribution in [1.82, 2.24) is 49.8 Å². The smallest absolute Gasteiger partial charge is 0.180 e. The van der Waals surface area contributed by atoms with E-state index < -0.39 is 0 Å². The molecular weight excluding hydrogens is 1400 g/mol. The van der Waals surface area contributed by atoms with Crippen LogP contribution < -0.4 is 4.74 Å². The molecule has 20 aromatic rings. The number of allylic oxidation sites excluding steroid dienone is 2. The number of hydrogen-bond acceptors (Lipinski definition) is 14. The Morgan fingerprint density at radius 2 is 0.768 bits per heavy atom. The topological polar surface area (TPSA) is 164 Å². The van der Waals surface area contributed by atoms with Crippen LogP contribution in [0.5, 0.6) is 5.75 Å². The van der Waals surface area contributed by atoms with Gasteiger partial charge in [0.2, 0.25) is 0 Å². The fourth-order valence-corrected chi connectivity index (χ4v) is 16.5. The van der Waals surface area contributed by atoms with Crippen molar-refractivity contribution < 1.29 is 13.6 Å². The van der Waals surface area contributed by atoms with Crippen molar-refractivity contribution in [1.29, 1.82) is 0 Å². The predicted molar refractivity (Wildman–Crippen MR) is 449 cm³/mol. The van der Waals surface area contributed by atoms with Crippen molar-refractivity contribution in [3.63, 3.8) is 0 Å². The van der Waals surface area contributed by atoms with Crippen LogP contribution >= 0.6 is 11.3 Å². The van der Waals surface area contributed by atoms with Crippen LogP contribution in [0.25, 0.3) is 194 Å². The normalized spacial score (nSPS) is 13.6. The first-order valence-corrected chi connectivity index (χ1v) is 37.9. The van der Waals surface area contributed by atoms with Gasteiger partial charge < -0.3 is 13.6 Å². The van der Waals surface area contributed by atoms with Crippen LogP contribution in [0.3, 0.4) is 0 Å². The van der Waals surface area contributed by atoms with Crippen LogP contribution in [0.4, 0.5) is 0 Å². The number of aromatic nitrogens is 10. The maximum Gasteiger partial charge on any atom is 0.180 e. The fourth-order valence-electron chi connectivity index (χ4n) is 15.4. The minimum absolute atomic E-state index is 0.273. The molecule has 2 aliphatic rings. The van der Waals surface area contributed by atoms with Crippen LogP contribution in [0.2, 0.25) is 0 Å². The van der Waals surface area contributed by atoms with Gasteiger partial charge in [-0.25, -0.2) is 49.8 Å². The van der Waals surface area contributed by atoms with Gasteiger partial charge in [0.05, 0.1) is 21.8 Å². The molecule has 112 heavy (non-hydrogen) atoms. The molecule has 0 amide bonds. The average molecular weight is 1460 g/mol. The zero-order chi connectivity index (χ0) is 74.0. The number of hydrogen-bond donors (Lipinski definition) is 0. The monoisotopic (exact) mass is 1460 g/mol. The molecule has 0 saturated carbocycles. The largest absolute Gasteiger partial charge is 0.484 e. The van der Waals surface area contributed by atoms with E-state index in [1.807, 2.05) is 194 Å². The maximum absolute atomic E-state index is 6.87. The van der Waals surface area contributed by atoms with Crippen LogP contribution in [-0.2, 0) is 0 Å². The van der Waals surface area contributed by atoms with E-state index in [1.54, 1.807) is 11.3 Å². The molecule has 13 nitrogen and oxygen atoms in total. The number of furan rings is 2. The molecule has 14 heteroatoms. The molecular formula is C98H60N10O3S. The summed E-state index contributed by atoms with van der Waals surface area (Å²) in [7, 11) is 0. The van der Waals surface area contributed by atoms with Gasteiger partial charge in [0.1, 0.15) is 45.6 Å². The first-order chi connectivity index (χ1) is 55.5. The first-order valence-electron chi connectivity index (χ1n) is 37.1. The van der Waals surface area contributed by atoms with Crippen molar-refractivity contribution >= 4 is 81.2 Å². The highest BCUT2D eigenvalue weighted by Gasteiger charge is 2.40. The number of ether oxygens (including phenoxy) is 1. The Bertz CT molecular complexity index is 7040. The van der Waals surface area contributed by atoms with Crippen molar-refractivity contribution in [3.05, 3.63) is 363 Å². The summed E-state index contributed by atoms with van der Waals surface area (Å²) in [5.74, 6) is 5.46. The molecule has 2 atom stereocenters. The van der Waals surface area contributed by atoms with Crippen LogP contribution in [0.1, 0.15) is 17.3 Å². The van der Waals surface area contributed by atoms with E-state index >= 15 is 0 Å². The molecule has 0 bridgehead atoms.